The van der Waals surface area contributed by atoms with Crippen LogP contribution in [-0.4, -0.2) is 44.5 Å². The lowest BCUT2D eigenvalue weighted by molar-refractivity contribution is -0.208. The molecule has 0 bridgehead atoms. The molecule has 266 valence electrons. The Hall–Kier alpha value is -3.92. The molecule has 3 aromatic rings. The van der Waals surface area contributed by atoms with Crippen molar-refractivity contribution in [2.75, 3.05) is 20.3 Å². The van der Waals surface area contributed by atoms with E-state index in [2.05, 4.69) is 22.5 Å². The number of unbranched alkanes of at least 4 members (excludes halogenated alkanes) is 7. The number of esters is 2. The summed E-state index contributed by atoms with van der Waals surface area (Å²) in [7, 11) is 1.23. The molecule has 0 radical (unpaired) electrons. The number of ether oxygens (including phenoxy) is 4. The summed E-state index contributed by atoms with van der Waals surface area (Å²) in [6.45, 7) is 2.65. The van der Waals surface area contributed by atoms with Crippen LogP contribution in [0, 0.1) is 11.7 Å². The van der Waals surface area contributed by atoms with Gasteiger partial charge in [0.15, 0.2) is 6.10 Å². The second-order valence-corrected chi connectivity index (χ2v) is 12.6. The summed E-state index contributed by atoms with van der Waals surface area (Å²) >= 11 is 0. The number of rotatable bonds is 18. The number of fused-ring (bicyclic) bond motifs is 1. The molecule has 2 atom stereocenters. The molecule has 0 amide bonds. The van der Waals surface area contributed by atoms with Crippen LogP contribution < -0.4 is 9.47 Å². The number of benzene rings is 3. The highest BCUT2D eigenvalue weighted by Crippen LogP contribution is 2.32. The second-order valence-electron chi connectivity index (χ2n) is 12.6. The molecule has 0 aromatic heterocycles. The Morgan fingerprint density at radius 3 is 2.16 bits per heavy atom. The van der Waals surface area contributed by atoms with E-state index in [1.165, 1.54) is 63.7 Å². The van der Waals surface area contributed by atoms with Gasteiger partial charge in [-0.1, -0.05) is 76.1 Å². The lowest BCUT2D eigenvalue weighted by atomic mass is 9.84. The van der Waals surface area contributed by atoms with Crippen LogP contribution in [0.25, 0.3) is 11.1 Å². The Morgan fingerprint density at radius 1 is 0.816 bits per heavy atom. The normalized spacial score (nSPS) is 14.9. The summed E-state index contributed by atoms with van der Waals surface area (Å²) in [6.07, 6.45) is 4.17. The monoisotopic (exact) mass is 686 g/mol. The van der Waals surface area contributed by atoms with Crippen molar-refractivity contribution in [3.63, 3.8) is 0 Å². The standard InChI is InChI=1S/C39H46F4O6/c1-3-4-5-6-7-8-9-10-22-47-33-19-15-28-24-31(12-11-29(28)25-33)37(44)48-32-17-13-27(14-18-32)30-16-20-34(35(40)26-30)38(45)49-36(21-23-46-2)39(41,42)43/h13-20,25-26,31,36H,3-12,21-24H2,1-2H3/t31?,36-/m1/s1. The van der Waals surface area contributed by atoms with Gasteiger partial charge < -0.3 is 18.9 Å². The highest BCUT2D eigenvalue weighted by Gasteiger charge is 2.43. The quantitative estimate of drug-likeness (QED) is 0.0574. The second kappa shape index (κ2) is 18.7. The fourth-order valence-corrected chi connectivity index (χ4v) is 5.93. The third-order valence-corrected chi connectivity index (χ3v) is 8.80. The van der Waals surface area contributed by atoms with Gasteiger partial charge in [-0.3, -0.25) is 4.79 Å². The zero-order chi connectivity index (χ0) is 35.2. The van der Waals surface area contributed by atoms with E-state index in [1.807, 2.05) is 12.1 Å². The first-order valence-corrected chi connectivity index (χ1v) is 17.2. The summed E-state index contributed by atoms with van der Waals surface area (Å²) in [4.78, 5) is 25.4. The van der Waals surface area contributed by atoms with Crippen molar-refractivity contribution in [3.8, 4) is 22.6 Å². The highest BCUT2D eigenvalue weighted by molar-refractivity contribution is 5.90. The maximum atomic E-state index is 14.8. The fraction of sp³-hybridized carbons (Fsp3) is 0.487. The molecule has 1 aliphatic rings. The first-order valence-electron chi connectivity index (χ1n) is 17.2. The number of hydrogen-bond donors (Lipinski definition) is 0. The zero-order valence-corrected chi connectivity index (χ0v) is 28.3. The molecule has 0 N–H and O–H groups in total. The maximum Gasteiger partial charge on any atom is 0.425 e. The highest BCUT2D eigenvalue weighted by atomic mass is 19.4. The Balaban J connectivity index is 1.25. The molecule has 0 aliphatic heterocycles. The first kappa shape index (κ1) is 37.9. The number of carbonyl (C=O) groups excluding carboxylic acids is 2. The smallest absolute Gasteiger partial charge is 0.425 e. The molecule has 10 heteroatoms. The van der Waals surface area contributed by atoms with Gasteiger partial charge >= 0.3 is 18.1 Å². The molecule has 1 aliphatic carbocycles. The third kappa shape index (κ3) is 11.6. The van der Waals surface area contributed by atoms with Gasteiger partial charge in [-0.25, -0.2) is 9.18 Å². The SMILES string of the molecule is CCCCCCCCCCOc1ccc2c(c1)CCC(C(=O)Oc1ccc(-c3ccc(C(=O)O[C@H](CCOC)C(F)(F)F)c(F)c3)cc1)C2. The predicted octanol–water partition coefficient (Wildman–Crippen LogP) is 9.85. The Bertz CT molecular complexity index is 1500. The van der Waals surface area contributed by atoms with Crippen LogP contribution in [0.5, 0.6) is 11.5 Å². The fourth-order valence-electron chi connectivity index (χ4n) is 5.93. The van der Waals surface area contributed by atoms with E-state index in [-0.39, 0.29) is 18.5 Å². The van der Waals surface area contributed by atoms with E-state index in [9.17, 15) is 27.2 Å². The molecule has 0 saturated heterocycles. The molecule has 0 spiro atoms. The van der Waals surface area contributed by atoms with Gasteiger partial charge in [0.05, 0.1) is 24.7 Å². The lowest BCUT2D eigenvalue weighted by Crippen LogP contribution is -2.35. The van der Waals surface area contributed by atoms with Gasteiger partial charge in [0, 0.05) is 13.5 Å². The number of halogens is 4. The Morgan fingerprint density at radius 2 is 1.49 bits per heavy atom. The molecule has 49 heavy (non-hydrogen) atoms. The zero-order valence-electron chi connectivity index (χ0n) is 28.3. The third-order valence-electron chi connectivity index (χ3n) is 8.80. The largest absolute Gasteiger partial charge is 0.494 e. The van der Waals surface area contributed by atoms with Gasteiger partial charge in [0.1, 0.15) is 17.3 Å². The summed E-state index contributed by atoms with van der Waals surface area (Å²) in [5.74, 6) is -1.86. The van der Waals surface area contributed by atoms with Gasteiger partial charge in [0.2, 0.25) is 0 Å². The molecule has 4 rings (SSSR count). The van der Waals surface area contributed by atoms with E-state index in [1.54, 1.807) is 24.3 Å². The van der Waals surface area contributed by atoms with Crippen molar-refractivity contribution in [2.45, 2.75) is 96.3 Å². The predicted molar refractivity (Wildman–Crippen MR) is 179 cm³/mol. The maximum absolute atomic E-state index is 14.8. The van der Waals surface area contributed by atoms with Gasteiger partial charge in [-0.05, 0) is 84.3 Å². The number of aryl methyl sites for hydroxylation is 1. The van der Waals surface area contributed by atoms with Gasteiger partial charge in [-0.2, -0.15) is 13.2 Å². The first-order chi connectivity index (χ1) is 23.6. The van der Waals surface area contributed by atoms with Crippen LogP contribution in [0.3, 0.4) is 0 Å². The molecule has 0 heterocycles. The number of carbonyl (C=O) groups is 2. The summed E-state index contributed by atoms with van der Waals surface area (Å²) < 4.78 is 75.4. The summed E-state index contributed by atoms with van der Waals surface area (Å²) in [5.41, 5.74) is 2.63. The minimum Gasteiger partial charge on any atom is -0.494 e. The van der Waals surface area contributed by atoms with E-state index in [4.69, 9.17) is 9.47 Å². The van der Waals surface area contributed by atoms with Crippen molar-refractivity contribution in [2.24, 2.45) is 5.92 Å². The average molecular weight is 687 g/mol. The lowest BCUT2D eigenvalue weighted by Gasteiger charge is -2.23. The van der Waals surface area contributed by atoms with Crippen LogP contribution in [0.15, 0.2) is 60.7 Å². The molecule has 0 fully saturated rings. The van der Waals surface area contributed by atoms with Crippen molar-refractivity contribution in [3.05, 3.63) is 83.2 Å². The van der Waals surface area contributed by atoms with Crippen molar-refractivity contribution in [1.29, 1.82) is 0 Å². The van der Waals surface area contributed by atoms with Crippen LogP contribution in [0.2, 0.25) is 0 Å². The minimum atomic E-state index is -4.82. The molecule has 0 saturated carbocycles. The summed E-state index contributed by atoms with van der Waals surface area (Å²) in [5, 5.41) is 0. The Labute approximate surface area is 286 Å². The van der Waals surface area contributed by atoms with Crippen LogP contribution in [0.1, 0.15) is 92.6 Å². The molecule has 3 aromatic carbocycles. The van der Waals surface area contributed by atoms with Gasteiger partial charge in [0.25, 0.3) is 0 Å². The van der Waals surface area contributed by atoms with E-state index in [0.29, 0.717) is 36.3 Å². The number of hydrogen-bond acceptors (Lipinski definition) is 6. The topological polar surface area (TPSA) is 71.1 Å². The molecule has 6 nitrogen and oxygen atoms in total. The number of methoxy groups -OCH3 is 1. The summed E-state index contributed by atoms with van der Waals surface area (Å²) in [6, 6.07) is 16.1. The molecular formula is C39H46F4O6. The van der Waals surface area contributed by atoms with E-state index >= 15 is 0 Å². The van der Waals surface area contributed by atoms with Crippen molar-refractivity contribution >= 4 is 11.9 Å². The molecular weight excluding hydrogens is 640 g/mol. The molecule has 1 unspecified atom stereocenters. The van der Waals surface area contributed by atoms with Crippen LogP contribution in [-0.2, 0) is 27.1 Å². The van der Waals surface area contributed by atoms with Crippen LogP contribution in [0.4, 0.5) is 17.6 Å². The van der Waals surface area contributed by atoms with Crippen LogP contribution >= 0.6 is 0 Å². The average Bonchev–Trinajstić information content (AvgIpc) is 3.08. The van der Waals surface area contributed by atoms with Gasteiger partial charge in [-0.15, -0.1) is 0 Å². The van der Waals surface area contributed by atoms with Crippen molar-refractivity contribution in [1.82, 2.24) is 0 Å². The van der Waals surface area contributed by atoms with E-state index in [0.717, 1.165) is 36.3 Å². The number of alkyl halides is 3. The van der Waals surface area contributed by atoms with E-state index < -0.39 is 36.1 Å². The Kier molecular flexibility index (Phi) is 14.5. The van der Waals surface area contributed by atoms with Crippen molar-refractivity contribution < 1.29 is 46.1 Å². The minimum absolute atomic E-state index is 0.283.